The van der Waals surface area contributed by atoms with Crippen LogP contribution in [0, 0.1) is 6.92 Å². The minimum Gasteiger partial charge on any atom is -0.493 e. The van der Waals surface area contributed by atoms with Gasteiger partial charge in [0.05, 0.1) is 16.7 Å². The molecule has 7 heteroatoms. The Bertz CT molecular complexity index is 1420. The van der Waals surface area contributed by atoms with Crippen LogP contribution in [0.3, 0.4) is 0 Å². The summed E-state index contributed by atoms with van der Waals surface area (Å²) < 4.78 is 0. The number of hydrogen-bond donors (Lipinski definition) is 2. The number of para-hydroxylation sites is 1. The number of rotatable bonds is 3. The van der Waals surface area contributed by atoms with E-state index in [1.165, 1.54) is 0 Å². The van der Waals surface area contributed by atoms with Gasteiger partial charge < -0.3 is 10.1 Å². The molecule has 0 saturated heterocycles. The summed E-state index contributed by atoms with van der Waals surface area (Å²) in [7, 11) is 0. The van der Waals surface area contributed by atoms with Crippen LogP contribution in [0.25, 0.3) is 33.1 Å². The molecule has 0 aliphatic heterocycles. The van der Waals surface area contributed by atoms with Crippen molar-refractivity contribution < 1.29 is 5.11 Å². The lowest BCUT2D eigenvalue weighted by molar-refractivity contribution is 0.459. The van der Waals surface area contributed by atoms with Crippen LogP contribution in [0.15, 0.2) is 77.0 Å². The van der Waals surface area contributed by atoms with E-state index in [0.717, 1.165) is 38.6 Å². The Morgan fingerprint density at radius 3 is 2.53 bits per heavy atom. The van der Waals surface area contributed by atoms with Crippen LogP contribution in [0.1, 0.15) is 5.56 Å². The van der Waals surface area contributed by atoms with Crippen molar-refractivity contribution in [2.75, 3.05) is 0 Å². The number of azo groups is 1. The van der Waals surface area contributed by atoms with Gasteiger partial charge in [-0.3, -0.25) is 0 Å². The number of benzene rings is 3. The topological polar surface area (TPSA) is 86.5 Å². The molecule has 5 rings (SSSR count). The number of nitrogens with zero attached hydrogens (tertiary/aromatic N) is 4. The number of aromatic nitrogens is 3. The molecule has 0 atom stereocenters. The van der Waals surface area contributed by atoms with Crippen molar-refractivity contribution in [1.29, 1.82) is 0 Å². The zero-order valence-corrected chi connectivity index (χ0v) is 16.7. The summed E-state index contributed by atoms with van der Waals surface area (Å²) in [6, 6.07) is 21.0. The second-order valence-electron chi connectivity index (χ2n) is 6.97. The molecule has 0 aliphatic carbocycles. The fourth-order valence-corrected chi connectivity index (χ4v) is 3.54. The van der Waals surface area contributed by atoms with Crippen LogP contribution in [0.5, 0.6) is 5.88 Å². The number of aryl methyl sites for hydroxylation is 1. The van der Waals surface area contributed by atoms with Crippen molar-refractivity contribution in [3.63, 3.8) is 0 Å². The molecule has 0 bridgehead atoms. The summed E-state index contributed by atoms with van der Waals surface area (Å²) >= 11 is 6.04. The van der Waals surface area contributed by atoms with Crippen LogP contribution >= 0.6 is 11.6 Å². The SMILES string of the molecule is Cc1ccc2[nH]c(O)c(N=Nc3nc(-c4ccc(Cl)cc4)c4ccccc4n3)c2c1. The van der Waals surface area contributed by atoms with Gasteiger partial charge in [0, 0.05) is 21.4 Å². The van der Waals surface area contributed by atoms with Gasteiger partial charge in [0.25, 0.3) is 5.95 Å². The van der Waals surface area contributed by atoms with Crippen molar-refractivity contribution >= 4 is 45.0 Å². The Morgan fingerprint density at radius 2 is 1.70 bits per heavy atom. The highest BCUT2D eigenvalue weighted by molar-refractivity contribution is 6.30. The second-order valence-corrected chi connectivity index (χ2v) is 7.40. The number of aromatic hydroxyl groups is 1. The van der Waals surface area contributed by atoms with Gasteiger partial charge in [0.2, 0.25) is 5.88 Å². The minimum absolute atomic E-state index is 0.0435. The van der Waals surface area contributed by atoms with Gasteiger partial charge in [-0.2, -0.15) is 0 Å². The minimum atomic E-state index is -0.0435. The average Bonchev–Trinajstić information content (AvgIpc) is 3.06. The van der Waals surface area contributed by atoms with E-state index in [9.17, 15) is 5.11 Å². The average molecular weight is 414 g/mol. The van der Waals surface area contributed by atoms with E-state index in [-0.39, 0.29) is 11.8 Å². The van der Waals surface area contributed by atoms with Gasteiger partial charge in [-0.1, -0.05) is 53.6 Å². The molecule has 6 nitrogen and oxygen atoms in total. The molecule has 0 aliphatic rings. The Hall–Kier alpha value is -3.77. The van der Waals surface area contributed by atoms with Gasteiger partial charge in [-0.05, 0) is 37.3 Å². The number of fused-ring (bicyclic) bond motifs is 2. The van der Waals surface area contributed by atoms with E-state index in [0.29, 0.717) is 10.7 Å². The first-order valence-electron chi connectivity index (χ1n) is 9.34. The molecular formula is C23H16ClN5O. The quantitative estimate of drug-likeness (QED) is 0.316. The van der Waals surface area contributed by atoms with Gasteiger partial charge in [-0.25, -0.2) is 9.97 Å². The van der Waals surface area contributed by atoms with E-state index in [1.54, 1.807) is 0 Å². The number of H-pyrrole nitrogens is 1. The maximum atomic E-state index is 10.3. The van der Waals surface area contributed by atoms with E-state index < -0.39 is 0 Å². The van der Waals surface area contributed by atoms with Crippen LogP contribution in [-0.2, 0) is 0 Å². The van der Waals surface area contributed by atoms with Crippen LogP contribution in [0.4, 0.5) is 11.6 Å². The van der Waals surface area contributed by atoms with Crippen molar-refractivity contribution in [1.82, 2.24) is 15.0 Å². The largest absolute Gasteiger partial charge is 0.493 e. The molecule has 0 radical (unpaired) electrons. The summed E-state index contributed by atoms with van der Waals surface area (Å²) in [5.74, 6) is 0.165. The first-order chi connectivity index (χ1) is 14.6. The highest BCUT2D eigenvalue weighted by Crippen LogP contribution is 2.37. The fraction of sp³-hybridized carbons (Fsp3) is 0.0435. The lowest BCUT2D eigenvalue weighted by Gasteiger charge is -2.06. The van der Waals surface area contributed by atoms with E-state index in [2.05, 4.69) is 25.2 Å². The fourth-order valence-electron chi connectivity index (χ4n) is 3.41. The van der Waals surface area contributed by atoms with Gasteiger partial charge in [0.1, 0.15) is 0 Å². The lowest BCUT2D eigenvalue weighted by atomic mass is 10.1. The molecule has 0 amide bonds. The summed E-state index contributed by atoms with van der Waals surface area (Å²) in [4.78, 5) is 12.0. The Kier molecular flexibility index (Phi) is 4.41. The molecule has 5 aromatic rings. The maximum Gasteiger partial charge on any atom is 0.270 e. The van der Waals surface area contributed by atoms with Gasteiger partial charge >= 0.3 is 0 Å². The maximum absolute atomic E-state index is 10.3. The molecule has 146 valence electrons. The van der Waals surface area contributed by atoms with Crippen molar-refractivity contribution in [2.24, 2.45) is 10.2 Å². The molecule has 2 heterocycles. The van der Waals surface area contributed by atoms with Gasteiger partial charge in [-0.15, -0.1) is 10.2 Å². The first-order valence-corrected chi connectivity index (χ1v) is 9.72. The zero-order valence-electron chi connectivity index (χ0n) is 16.0. The van der Waals surface area contributed by atoms with Crippen LogP contribution in [0.2, 0.25) is 5.02 Å². The predicted molar refractivity (Wildman–Crippen MR) is 119 cm³/mol. The smallest absolute Gasteiger partial charge is 0.270 e. The Balaban J connectivity index is 1.64. The third-order valence-electron chi connectivity index (χ3n) is 4.86. The third-order valence-corrected chi connectivity index (χ3v) is 5.11. The van der Waals surface area contributed by atoms with Crippen LogP contribution in [-0.4, -0.2) is 20.1 Å². The van der Waals surface area contributed by atoms with Crippen molar-refractivity contribution in [3.8, 4) is 17.1 Å². The number of hydrogen-bond acceptors (Lipinski definition) is 5. The first kappa shape index (κ1) is 18.3. The summed E-state index contributed by atoms with van der Waals surface area (Å²) in [5.41, 5.74) is 4.60. The molecule has 0 saturated carbocycles. The molecule has 2 N–H and O–H groups in total. The number of halogens is 1. The molecule has 0 spiro atoms. The molecule has 0 fully saturated rings. The monoisotopic (exact) mass is 413 g/mol. The van der Waals surface area contributed by atoms with Crippen molar-refractivity contribution in [3.05, 3.63) is 77.3 Å². The highest BCUT2D eigenvalue weighted by Gasteiger charge is 2.12. The summed E-state index contributed by atoms with van der Waals surface area (Å²) in [6.45, 7) is 1.98. The molecular weight excluding hydrogens is 398 g/mol. The predicted octanol–water partition coefficient (Wildman–Crippen LogP) is 6.86. The summed E-state index contributed by atoms with van der Waals surface area (Å²) in [6.07, 6.45) is 0. The zero-order chi connectivity index (χ0) is 20.7. The van der Waals surface area contributed by atoms with E-state index >= 15 is 0 Å². The van der Waals surface area contributed by atoms with Crippen molar-refractivity contribution in [2.45, 2.75) is 6.92 Å². The molecule has 2 aromatic heterocycles. The molecule has 3 aromatic carbocycles. The molecule has 0 unspecified atom stereocenters. The molecule has 30 heavy (non-hydrogen) atoms. The van der Waals surface area contributed by atoms with E-state index in [1.807, 2.05) is 73.7 Å². The second kappa shape index (κ2) is 7.24. The normalized spacial score (nSPS) is 11.7. The van der Waals surface area contributed by atoms with E-state index in [4.69, 9.17) is 11.6 Å². The Labute approximate surface area is 176 Å². The number of aromatic amines is 1. The standard InChI is InChI=1S/C23H16ClN5O/c1-13-6-11-19-17(12-13)21(22(30)25-19)28-29-23-26-18-5-3-2-4-16(18)20(27-23)14-7-9-15(24)10-8-14/h2-12,25,30H,1H3. The number of nitrogens with one attached hydrogen (secondary N) is 1. The highest BCUT2D eigenvalue weighted by atomic mass is 35.5. The van der Waals surface area contributed by atoms with Gasteiger partial charge in [0.15, 0.2) is 5.69 Å². The lowest BCUT2D eigenvalue weighted by Crippen LogP contribution is -1.90. The van der Waals surface area contributed by atoms with Crippen LogP contribution < -0.4 is 0 Å². The third kappa shape index (κ3) is 3.27. The Morgan fingerprint density at radius 1 is 0.900 bits per heavy atom. The summed E-state index contributed by atoms with van der Waals surface area (Å²) in [5, 5.41) is 21.1.